The summed E-state index contributed by atoms with van der Waals surface area (Å²) in [6.45, 7) is 1.48. The molecule has 1 aliphatic heterocycles. The zero-order valence-electron chi connectivity index (χ0n) is 15.5. The van der Waals surface area contributed by atoms with Gasteiger partial charge in [-0.15, -0.1) is 0 Å². The molecule has 0 bridgehead atoms. The normalized spacial score (nSPS) is 16.2. The van der Waals surface area contributed by atoms with E-state index in [1.807, 2.05) is 42.5 Å². The molecule has 4 rings (SSSR count). The van der Waals surface area contributed by atoms with E-state index in [2.05, 4.69) is 5.32 Å². The average Bonchev–Trinajstić information content (AvgIpc) is 3.23. The molecule has 0 spiro atoms. The molecular weight excluding hydrogens is 356 g/mol. The van der Waals surface area contributed by atoms with Crippen LogP contribution < -0.4 is 15.5 Å². The van der Waals surface area contributed by atoms with Gasteiger partial charge < -0.3 is 19.4 Å². The molecule has 3 aromatic rings. The zero-order valence-corrected chi connectivity index (χ0v) is 15.5. The number of nitrogens with one attached hydrogen (secondary N) is 1. The molecule has 2 aromatic carbocycles. The first-order valence-corrected chi connectivity index (χ1v) is 9.41. The lowest BCUT2D eigenvalue weighted by Gasteiger charge is -2.13. The number of hydrogen-bond acceptors (Lipinski definition) is 4. The summed E-state index contributed by atoms with van der Waals surface area (Å²) < 4.78 is 13.0. The van der Waals surface area contributed by atoms with Crippen LogP contribution in [0.4, 0.5) is 5.69 Å². The molecule has 0 aliphatic carbocycles. The van der Waals surface area contributed by atoms with Gasteiger partial charge in [-0.25, -0.2) is 0 Å². The van der Waals surface area contributed by atoms with Crippen LogP contribution in [0.3, 0.4) is 0 Å². The van der Waals surface area contributed by atoms with Crippen LogP contribution in [0.15, 0.2) is 65.6 Å². The van der Waals surface area contributed by atoms with Crippen LogP contribution in [0, 0.1) is 0 Å². The van der Waals surface area contributed by atoms with E-state index in [0.29, 0.717) is 17.7 Å². The molecule has 0 radical (unpaired) electrons. The van der Waals surface area contributed by atoms with Crippen molar-refractivity contribution < 1.29 is 14.3 Å². The van der Waals surface area contributed by atoms with Crippen LogP contribution >= 0.6 is 0 Å². The van der Waals surface area contributed by atoms with Crippen molar-refractivity contribution in [2.24, 2.45) is 0 Å². The Kier molecular flexibility index (Phi) is 5.39. The average molecular weight is 378 g/mol. The number of anilines is 1. The number of fused-ring (bicyclic) bond motifs is 1. The first-order chi connectivity index (χ1) is 13.7. The van der Waals surface area contributed by atoms with Crippen molar-refractivity contribution in [3.05, 3.63) is 71.0 Å². The Morgan fingerprint density at radius 2 is 1.96 bits per heavy atom. The number of aromatic nitrogens is 1. The van der Waals surface area contributed by atoms with Gasteiger partial charge in [-0.2, -0.15) is 0 Å². The van der Waals surface area contributed by atoms with Gasteiger partial charge in [0.25, 0.3) is 0 Å². The van der Waals surface area contributed by atoms with Crippen molar-refractivity contribution in [2.45, 2.75) is 25.5 Å². The van der Waals surface area contributed by atoms with Crippen LogP contribution in [0.5, 0.6) is 5.75 Å². The van der Waals surface area contributed by atoms with Crippen LogP contribution in [0.2, 0.25) is 0 Å². The molecule has 1 aliphatic rings. The molecule has 144 valence electrons. The highest BCUT2D eigenvalue weighted by Crippen LogP contribution is 2.18. The highest BCUT2D eigenvalue weighted by atomic mass is 16.5. The summed E-state index contributed by atoms with van der Waals surface area (Å²) in [7, 11) is 0. The van der Waals surface area contributed by atoms with Crippen LogP contribution in [0.25, 0.3) is 10.9 Å². The number of para-hydroxylation sites is 1. The minimum Gasteiger partial charge on any atom is -0.491 e. The summed E-state index contributed by atoms with van der Waals surface area (Å²) in [5, 5.41) is 3.48. The zero-order chi connectivity index (χ0) is 19.3. The van der Waals surface area contributed by atoms with Gasteiger partial charge in [-0.1, -0.05) is 12.1 Å². The maximum Gasteiger partial charge on any atom is 0.244 e. The molecule has 1 saturated heterocycles. The van der Waals surface area contributed by atoms with Gasteiger partial charge in [0.05, 0.1) is 11.6 Å². The molecule has 28 heavy (non-hydrogen) atoms. The van der Waals surface area contributed by atoms with E-state index in [9.17, 15) is 9.59 Å². The molecule has 6 nitrogen and oxygen atoms in total. The predicted molar refractivity (Wildman–Crippen MR) is 108 cm³/mol. The second-order valence-corrected chi connectivity index (χ2v) is 6.84. The van der Waals surface area contributed by atoms with Crippen LogP contribution in [-0.2, 0) is 16.1 Å². The standard InChI is InChI=1S/C22H22N2O4/c25-21-11-12-24(20-6-2-1-5-19(20)21)14-22(26)23-16-7-9-17(10-8-16)28-15-18-4-3-13-27-18/h1-2,5-12,18H,3-4,13-15H2,(H,23,26). The second kappa shape index (κ2) is 8.27. The first-order valence-electron chi connectivity index (χ1n) is 9.41. The lowest BCUT2D eigenvalue weighted by Crippen LogP contribution is -2.20. The fourth-order valence-corrected chi connectivity index (χ4v) is 3.35. The van der Waals surface area contributed by atoms with Crippen molar-refractivity contribution in [2.75, 3.05) is 18.5 Å². The topological polar surface area (TPSA) is 69.6 Å². The highest BCUT2D eigenvalue weighted by Gasteiger charge is 2.16. The summed E-state index contributed by atoms with van der Waals surface area (Å²) in [5.41, 5.74) is 1.38. The fraction of sp³-hybridized carbons (Fsp3) is 0.273. The monoisotopic (exact) mass is 378 g/mol. The first kappa shape index (κ1) is 18.3. The van der Waals surface area contributed by atoms with Crippen molar-refractivity contribution in [1.82, 2.24) is 4.57 Å². The van der Waals surface area contributed by atoms with Crippen LogP contribution in [-0.4, -0.2) is 29.8 Å². The van der Waals surface area contributed by atoms with E-state index in [1.165, 1.54) is 6.07 Å². The highest BCUT2D eigenvalue weighted by molar-refractivity contribution is 5.91. The maximum atomic E-state index is 12.4. The largest absolute Gasteiger partial charge is 0.491 e. The molecule has 6 heteroatoms. The number of carbonyl (C=O) groups is 1. The summed E-state index contributed by atoms with van der Waals surface area (Å²) in [4.78, 5) is 24.4. The van der Waals surface area contributed by atoms with Crippen molar-refractivity contribution in [3.63, 3.8) is 0 Å². The predicted octanol–water partition coefficient (Wildman–Crippen LogP) is 3.20. The SMILES string of the molecule is O=C(Cn1ccc(=O)c2ccccc21)Nc1ccc(OCC2CCCO2)cc1. The third-order valence-corrected chi connectivity index (χ3v) is 4.80. The van der Waals surface area contributed by atoms with Gasteiger partial charge in [0, 0.05) is 29.9 Å². The number of rotatable bonds is 6. The van der Waals surface area contributed by atoms with Gasteiger partial charge in [0.1, 0.15) is 18.9 Å². The van der Waals surface area contributed by atoms with Gasteiger partial charge in [0.15, 0.2) is 5.43 Å². The lowest BCUT2D eigenvalue weighted by atomic mass is 10.2. The van der Waals surface area contributed by atoms with Gasteiger partial charge in [-0.3, -0.25) is 9.59 Å². The Hall–Kier alpha value is -3.12. The number of nitrogens with zero attached hydrogens (tertiary/aromatic N) is 1. The van der Waals surface area contributed by atoms with Gasteiger partial charge in [-0.05, 0) is 49.2 Å². The van der Waals surface area contributed by atoms with Gasteiger partial charge >= 0.3 is 0 Å². The molecule has 1 amide bonds. The quantitative estimate of drug-likeness (QED) is 0.715. The molecule has 0 saturated carbocycles. The molecule has 1 N–H and O–H groups in total. The molecule has 1 unspecified atom stereocenters. The fourth-order valence-electron chi connectivity index (χ4n) is 3.35. The summed E-state index contributed by atoms with van der Waals surface area (Å²) in [6, 6.07) is 16.0. The number of benzene rings is 2. The Balaban J connectivity index is 1.37. The number of amides is 1. The summed E-state index contributed by atoms with van der Waals surface area (Å²) in [5.74, 6) is 0.585. The van der Waals surface area contributed by atoms with Crippen molar-refractivity contribution in [1.29, 1.82) is 0 Å². The van der Waals surface area contributed by atoms with E-state index in [-0.39, 0.29) is 24.0 Å². The number of hydrogen-bond donors (Lipinski definition) is 1. The molecule has 1 aromatic heterocycles. The molecule has 1 atom stereocenters. The van der Waals surface area contributed by atoms with Crippen molar-refractivity contribution >= 4 is 22.5 Å². The smallest absolute Gasteiger partial charge is 0.244 e. The maximum absolute atomic E-state index is 12.4. The van der Waals surface area contributed by atoms with E-state index in [0.717, 1.165) is 30.7 Å². The van der Waals surface area contributed by atoms with E-state index < -0.39 is 0 Å². The Bertz CT molecular complexity index is 1020. The summed E-state index contributed by atoms with van der Waals surface area (Å²) in [6.07, 6.45) is 3.94. The van der Waals surface area contributed by atoms with E-state index >= 15 is 0 Å². The number of ether oxygens (including phenoxy) is 2. The van der Waals surface area contributed by atoms with E-state index in [4.69, 9.17) is 9.47 Å². The third kappa shape index (κ3) is 4.23. The van der Waals surface area contributed by atoms with Crippen molar-refractivity contribution in [3.8, 4) is 5.75 Å². The van der Waals surface area contributed by atoms with Crippen LogP contribution in [0.1, 0.15) is 12.8 Å². The minimum atomic E-state index is -0.165. The van der Waals surface area contributed by atoms with Gasteiger partial charge in [0.2, 0.25) is 5.91 Å². The molecule has 2 heterocycles. The Labute approximate surface area is 162 Å². The molecule has 1 fully saturated rings. The molecular formula is C22H22N2O4. The Morgan fingerprint density at radius 1 is 1.14 bits per heavy atom. The number of carbonyl (C=O) groups excluding carboxylic acids is 1. The summed E-state index contributed by atoms with van der Waals surface area (Å²) >= 11 is 0. The lowest BCUT2D eigenvalue weighted by molar-refractivity contribution is -0.116. The number of pyridine rings is 1. The second-order valence-electron chi connectivity index (χ2n) is 6.84. The Morgan fingerprint density at radius 3 is 2.75 bits per heavy atom. The third-order valence-electron chi connectivity index (χ3n) is 4.80. The minimum absolute atomic E-state index is 0.0501. The van der Waals surface area contributed by atoms with E-state index in [1.54, 1.807) is 16.8 Å².